The second-order valence-electron chi connectivity index (χ2n) is 12.9. The molecule has 0 aliphatic carbocycles. The number of ether oxygens (including phenoxy) is 2. The summed E-state index contributed by atoms with van der Waals surface area (Å²) >= 11 is 0. The Morgan fingerprint density at radius 2 is 0.907 bits per heavy atom. The second-order valence-corrected chi connectivity index (χ2v) is 12.9. The molecule has 0 saturated carbocycles. The number of hydrazone groups is 2. The van der Waals surface area contributed by atoms with Crippen molar-refractivity contribution in [2.45, 2.75) is 26.1 Å². The van der Waals surface area contributed by atoms with Crippen LogP contribution in [0.15, 0.2) is 144 Å². The number of anilines is 4. The van der Waals surface area contributed by atoms with Gasteiger partial charge in [0.15, 0.2) is 0 Å². The van der Waals surface area contributed by atoms with Crippen LogP contribution in [0.1, 0.15) is 25.0 Å². The molecule has 0 bridgehead atoms. The van der Waals surface area contributed by atoms with Gasteiger partial charge < -0.3 is 29.5 Å². The SMILES string of the molecule is CCN(C)c1ccc(/C=N\N(CC(O)COc2cccc(OCC(O)CN(/N=C\c3ccc(N(C)CC)cc3)c3ccccc3)c2)c2ccccc2)cc1. The van der Waals surface area contributed by atoms with Crippen molar-refractivity contribution in [3.05, 3.63) is 145 Å². The third-order valence-corrected chi connectivity index (χ3v) is 8.87. The van der Waals surface area contributed by atoms with Crippen molar-refractivity contribution in [3.63, 3.8) is 0 Å². The zero-order valence-corrected chi connectivity index (χ0v) is 31.6. The van der Waals surface area contributed by atoms with Gasteiger partial charge in [-0.3, -0.25) is 10.0 Å². The molecule has 0 spiro atoms. The van der Waals surface area contributed by atoms with E-state index in [4.69, 9.17) is 19.7 Å². The average molecular weight is 729 g/mol. The third kappa shape index (κ3) is 12.1. The van der Waals surface area contributed by atoms with Crippen LogP contribution in [0.2, 0.25) is 0 Å². The summed E-state index contributed by atoms with van der Waals surface area (Å²) in [5, 5.41) is 35.0. The summed E-state index contributed by atoms with van der Waals surface area (Å²) in [6, 6.07) is 43.1. The predicted molar refractivity (Wildman–Crippen MR) is 223 cm³/mol. The topological polar surface area (TPSA) is 96.6 Å². The highest BCUT2D eigenvalue weighted by Gasteiger charge is 2.15. The van der Waals surface area contributed by atoms with E-state index in [2.05, 4.69) is 62.0 Å². The molecule has 0 aliphatic rings. The number of para-hydroxylation sites is 2. The molecule has 0 saturated heterocycles. The number of rotatable bonds is 20. The fourth-order valence-electron chi connectivity index (χ4n) is 5.45. The van der Waals surface area contributed by atoms with Crippen LogP contribution >= 0.6 is 0 Å². The molecule has 0 amide bonds. The number of nitrogens with zero attached hydrogens (tertiary/aromatic N) is 6. The maximum atomic E-state index is 11.0. The zero-order valence-electron chi connectivity index (χ0n) is 31.6. The molecule has 10 heteroatoms. The Kier molecular flexibility index (Phi) is 14.9. The van der Waals surface area contributed by atoms with Crippen LogP contribution in [-0.2, 0) is 0 Å². The smallest absolute Gasteiger partial charge is 0.123 e. The molecule has 0 fully saturated rings. The molecule has 10 nitrogen and oxygen atoms in total. The molecule has 2 N–H and O–H groups in total. The Labute approximate surface area is 319 Å². The molecule has 282 valence electrons. The largest absolute Gasteiger partial charge is 0.491 e. The molecule has 0 heterocycles. The van der Waals surface area contributed by atoms with Gasteiger partial charge in [-0.1, -0.05) is 66.7 Å². The normalized spacial score (nSPS) is 12.4. The molecule has 2 atom stereocenters. The second kappa shape index (κ2) is 20.4. The predicted octanol–water partition coefficient (Wildman–Crippen LogP) is 7.16. The quantitative estimate of drug-likeness (QED) is 0.0645. The number of aliphatic hydroxyl groups is 2. The lowest BCUT2D eigenvalue weighted by Crippen LogP contribution is -2.33. The van der Waals surface area contributed by atoms with Crippen molar-refractivity contribution >= 4 is 35.2 Å². The number of aliphatic hydroxyl groups excluding tert-OH is 2. The van der Waals surface area contributed by atoms with E-state index in [0.29, 0.717) is 11.5 Å². The van der Waals surface area contributed by atoms with Crippen molar-refractivity contribution in [2.75, 3.05) is 73.3 Å². The first-order valence-corrected chi connectivity index (χ1v) is 18.4. The molecular weight excluding hydrogens is 677 g/mol. The molecule has 0 aromatic heterocycles. The van der Waals surface area contributed by atoms with E-state index in [9.17, 15) is 10.2 Å². The fourth-order valence-corrected chi connectivity index (χ4v) is 5.45. The van der Waals surface area contributed by atoms with E-state index in [0.717, 1.165) is 47.0 Å². The monoisotopic (exact) mass is 728 g/mol. The summed E-state index contributed by atoms with van der Waals surface area (Å²) in [6.45, 7) is 6.62. The maximum absolute atomic E-state index is 11.0. The van der Waals surface area contributed by atoms with Crippen molar-refractivity contribution in [2.24, 2.45) is 10.2 Å². The van der Waals surface area contributed by atoms with Gasteiger partial charge in [0.1, 0.15) is 36.9 Å². The summed E-state index contributed by atoms with van der Waals surface area (Å²) < 4.78 is 12.0. The lowest BCUT2D eigenvalue weighted by atomic mass is 10.2. The Bertz CT molecular complexity index is 1740. The van der Waals surface area contributed by atoms with Crippen molar-refractivity contribution in [1.29, 1.82) is 0 Å². The average Bonchev–Trinajstić information content (AvgIpc) is 3.22. The summed E-state index contributed by atoms with van der Waals surface area (Å²) in [5.41, 5.74) is 5.91. The molecular formula is C44H52N6O4. The Morgan fingerprint density at radius 3 is 1.28 bits per heavy atom. The molecule has 0 aliphatic heterocycles. The Balaban J connectivity index is 1.15. The molecule has 5 aromatic carbocycles. The van der Waals surface area contributed by atoms with Gasteiger partial charge in [-0.15, -0.1) is 0 Å². The van der Waals surface area contributed by atoms with Gasteiger partial charge in [0.05, 0.1) is 36.9 Å². The van der Waals surface area contributed by atoms with Gasteiger partial charge >= 0.3 is 0 Å². The van der Waals surface area contributed by atoms with E-state index in [1.807, 2.05) is 91.0 Å². The highest BCUT2D eigenvalue weighted by molar-refractivity contribution is 5.82. The summed E-state index contributed by atoms with van der Waals surface area (Å²) in [4.78, 5) is 4.34. The summed E-state index contributed by atoms with van der Waals surface area (Å²) in [6.07, 6.45) is 1.91. The van der Waals surface area contributed by atoms with Gasteiger partial charge in [-0.2, -0.15) is 10.2 Å². The number of benzene rings is 5. The first-order valence-electron chi connectivity index (χ1n) is 18.4. The molecule has 54 heavy (non-hydrogen) atoms. The first-order chi connectivity index (χ1) is 26.3. The lowest BCUT2D eigenvalue weighted by molar-refractivity contribution is 0.108. The van der Waals surface area contributed by atoms with Crippen molar-refractivity contribution in [3.8, 4) is 11.5 Å². The minimum atomic E-state index is -0.838. The molecule has 2 unspecified atom stereocenters. The van der Waals surface area contributed by atoms with E-state index in [1.165, 1.54) is 0 Å². The standard InChI is InChI=1S/C44H52N6O4/c1-5-47(3)37-24-20-35(21-25-37)29-45-49(39-14-9-7-10-15-39)31-41(51)33-53-43-18-13-19-44(28-43)54-34-42(52)32-50(40-16-11-8-12-17-40)46-30-36-22-26-38(27-23-36)48(4)6-2/h7-30,41-42,51-52H,5-6,31-34H2,1-4H3/b45-29-,46-30-. The third-order valence-electron chi connectivity index (χ3n) is 8.87. The highest BCUT2D eigenvalue weighted by atomic mass is 16.5. The Hall–Kier alpha value is -5.84. The van der Waals surface area contributed by atoms with E-state index in [-0.39, 0.29) is 26.3 Å². The van der Waals surface area contributed by atoms with E-state index in [1.54, 1.807) is 40.6 Å². The summed E-state index contributed by atoms with van der Waals surface area (Å²) in [5.74, 6) is 1.08. The van der Waals surface area contributed by atoms with E-state index < -0.39 is 12.2 Å². The lowest BCUT2D eigenvalue weighted by Gasteiger charge is -2.23. The van der Waals surface area contributed by atoms with Gasteiger partial charge in [0.25, 0.3) is 0 Å². The Morgan fingerprint density at radius 1 is 0.519 bits per heavy atom. The summed E-state index contributed by atoms with van der Waals surface area (Å²) in [7, 11) is 4.12. The number of hydrogen-bond acceptors (Lipinski definition) is 10. The van der Waals surface area contributed by atoms with Crippen LogP contribution in [0.5, 0.6) is 11.5 Å². The zero-order chi connectivity index (χ0) is 38.1. The van der Waals surface area contributed by atoms with Gasteiger partial charge in [-0.05, 0) is 85.6 Å². The van der Waals surface area contributed by atoms with E-state index >= 15 is 0 Å². The van der Waals surface area contributed by atoms with Gasteiger partial charge in [0, 0.05) is 44.6 Å². The van der Waals surface area contributed by atoms with Gasteiger partial charge in [0.2, 0.25) is 0 Å². The van der Waals surface area contributed by atoms with Crippen LogP contribution in [0.4, 0.5) is 22.7 Å². The van der Waals surface area contributed by atoms with Crippen LogP contribution in [0.25, 0.3) is 0 Å². The van der Waals surface area contributed by atoms with Crippen LogP contribution in [0.3, 0.4) is 0 Å². The van der Waals surface area contributed by atoms with Crippen molar-refractivity contribution < 1.29 is 19.7 Å². The van der Waals surface area contributed by atoms with Gasteiger partial charge in [-0.25, -0.2) is 0 Å². The van der Waals surface area contributed by atoms with Crippen LogP contribution in [-0.4, -0.2) is 88.3 Å². The first kappa shape index (κ1) is 39.4. The minimum Gasteiger partial charge on any atom is -0.491 e. The van der Waals surface area contributed by atoms with Crippen molar-refractivity contribution in [1.82, 2.24) is 0 Å². The fraction of sp³-hybridized carbons (Fsp3) is 0.273. The molecule has 5 rings (SSSR count). The number of hydrogen-bond donors (Lipinski definition) is 2. The highest BCUT2D eigenvalue weighted by Crippen LogP contribution is 2.22. The minimum absolute atomic E-state index is 0.0467. The maximum Gasteiger partial charge on any atom is 0.123 e. The van der Waals surface area contributed by atoms with Crippen LogP contribution < -0.4 is 29.3 Å². The van der Waals surface area contributed by atoms with Crippen LogP contribution in [0, 0.1) is 0 Å². The molecule has 5 aromatic rings. The molecule has 0 radical (unpaired) electrons.